The number of benzene rings is 2. The van der Waals surface area contributed by atoms with E-state index in [1.54, 1.807) is 6.07 Å². The zero-order chi connectivity index (χ0) is 15.4. The van der Waals surface area contributed by atoms with Crippen molar-refractivity contribution < 1.29 is 24.0 Å². The smallest absolute Gasteiger partial charge is 0.339 e. The minimum atomic E-state index is -1.18. The van der Waals surface area contributed by atoms with E-state index in [-0.39, 0.29) is 29.2 Å². The summed E-state index contributed by atoms with van der Waals surface area (Å²) in [4.78, 5) is 21.2. The van der Waals surface area contributed by atoms with Gasteiger partial charge in [-0.15, -0.1) is 0 Å². The van der Waals surface area contributed by atoms with E-state index in [4.69, 9.17) is 9.84 Å². The Labute approximate surface area is 118 Å². The second kappa shape index (κ2) is 6.00. The van der Waals surface area contributed by atoms with Gasteiger partial charge < -0.3 is 9.84 Å². The molecule has 0 radical (unpaired) electrons. The predicted molar refractivity (Wildman–Crippen MR) is 70.8 cm³/mol. The molecule has 1 N–H and O–H groups in total. The lowest BCUT2D eigenvalue weighted by molar-refractivity contribution is -0.385. The van der Waals surface area contributed by atoms with Crippen LogP contribution in [0.4, 0.5) is 10.1 Å². The highest BCUT2D eigenvalue weighted by Gasteiger charge is 2.16. The van der Waals surface area contributed by atoms with Gasteiger partial charge in [0.25, 0.3) is 5.69 Å². The summed E-state index contributed by atoms with van der Waals surface area (Å²) < 4.78 is 18.4. The molecule has 0 aliphatic carbocycles. The zero-order valence-corrected chi connectivity index (χ0v) is 10.7. The first kappa shape index (κ1) is 14.4. The third-order valence-corrected chi connectivity index (χ3v) is 2.74. The van der Waals surface area contributed by atoms with E-state index in [1.165, 1.54) is 18.2 Å². The second-order valence-corrected chi connectivity index (χ2v) is 4.12. The number of hydrogen-bond donors (Lipinski definition) is 1. The molecule has 21 heavy (non-hydrogen) atoms. The van der Waals surface area contributed by atoms with Gasteiger partial charge in [-0.25, -0.2) is 9.18 Å². The van der Waals surface area contributed by atoms with Crippen LogP contribution in [0.3, 0.4) is 0 Å². The quantitative estimate of drug-likeness (QED) is 0.675. The monoisotopic (exact) mass is 291 g/mol. The number of para-hydroxylation sites is 1. The molecule has 2 aromatic carbocycles. The molecule has 0 bridgehead atoms. The van der Waals surface area contributed by atoms with Crippen LogP contribution in [0.25, 0.3) is 0 Å². The highest BCUT2D eigenvalue weighted by Crippen LogP contribution is 2.24. The first-order chi connectivity index (χ1) is 9.99. The van der Waals surface area contributed by atoms with Crippen molar-refractivity contribution in [2.24, 2.45) is 0 Å². The minimum absolute atomic E-state index is 0.0280. The molecule has 0 heterocycles. The van der Waals surface area contributed by atoms with E-state index in [1.807, 2.05) is 0 Å². The maximum atomic E-state index is 13.2. The van der Waals surface area contributed by atoms with Crippen molar-refractivity contribution in [1.82, 2.24) is 0 Å². The van der Waals surface area contributed by atoms with E-state index in [0.717, 1.165) is 18.2 Å². The van der Waals surface area contributed by atoms with Gasteiger partial charge in [0, 0.05) is 6.07 Å². The van der Waals surface area contributed by atoms with Crippen LogP contribution in [0.2, 0.25) is 0 Å². The molecule has 2 rings (SSSR count). The second-order valence-electron chi connectivity index (χ2n) is 4.12. The third kappa shape index (κ3) is 3.33. The highest BCUT2D eigenvalue weighted by molar-refractivity contribution is 5.90. The van der Waals surface area contributed by atoms with Crippen molar-refractivity contribution in [2.45, 2.75) is 6.61 Å². The number of hydrogen-bond acceptors (Lipinski definition) is 4. The topological polar surface area (TPSA) is 89.7 Å². The number of carboxylic acid groups (broad SMARTS) is 1. The van der Waals surface area contributed by atoms with Crippen molar-refractivity contribution in [3.05, 3.63) is 69.5 Å². The fraction of sp³-hybridized carbons (Fsp3) is 0.0714. The lowest BCUT2D eigenvalue weighted by Gasteiger charge is -2.09. The molecule has 0 fully saturated rings. The largest absolute Gasteiger partial charge is 0.488 e. The Hall–Kier alpha value is -2.96. The van der Waals surface area contributed by atoms with Gasteiger partial charge >= 0.3 is 5.97 Å². The Balaban J connectivity index is 2.27. The molecule has 0 aliphatic rings. The molecule has 0 spiro atoms. The first-order valence-electron chi connectivity index (χ1n) is 5.87. The average Bonchev–Trinajstić information content (AvgIpc) is 2.45. The van der Waals surface area contributed by atoms with Crippen LogP contribution in [-0.4, -0.2) is 16.0 Å². The number of carbonyl (C=O) groups is 1. The normalized spacial score (nSPS) is 10.1. The van der Waals surface area contributed by atoms with Crippen LogP contribution in [0.1, 0.15) is 15.9 Å². The van der Waals surface area contributed by atoms with Gasteiger partial charge in [-0.1, -0.05) is 12.1 Å². The number of rotatable bonds is 5. The molecule has 108 valence electrons. The number of halogens is 1. The fourth-order valence-electron chi connectivity index (χ4n) is 1.77. The predicted octanol–water partition coefficient (Wildman–Crippen LogP) is 3.01. The maximum Gasteiger partial charge on any atom is 0.339 e. The maximum absolute atomic E-state index is 13.2. The molecule has 6 nitrogen and oxygen atoms in total. The molecule has 0 saturated heterocycles. The number of nitro groups is 1. The number of nitro benzene ring substituents is 1. The Morgan fingerprint density at radius 1 is 1.29 bits per heavy atom. The summed E-state index contributed by atoms with van der Waals surface area (Å²) in [7, 11) is 0. The van der Waals surface area contributed by atoms with Crippen LogP contribution < -0.4 is 4.74 Å². The van der Waals surface area contributed by atoms with E-state index < -0.39 is 16.7 Å². The summed E-state index contributed by atoms with van der Waals surface area (Å²) in [6.45, 7) is -0.307. The van der Waals surface area contributed by atoms with E-state index >= 15 is 0 Å². The number of aromatic carboxylic acids is 1. The van der Waals surface area contributed by atoms with Gasteiger partial charge in [0.2, 0.25) is 0 Å². The van der Waals surface area contributed by atoms with Crippen LogP contribution in [0.5, 0.6) is 5.75 Å². The Kier molecular flexibility index (Phi) is 4.13. The highest BCUT2D eigenvalue weighted by atomic mass is 19.1. The van der Waals surface area contributed by atoms with Gasteiger partial charge in [-0.3, -0.25) is 10.1 Å². The van der Waals surface area contributed by atoms with Crippen LogP contribution >= 0.6 is 0 Å². The Morgan fingerprint density at radius 3 is 2.67 bits per heavy atom. The summed E-state index contributed by atoms with van der Waals surface area (Å²) in [6.07, 6.45) is 0. The lowest BCUT2D eigenvalue weighted by atomic mass is 10.1. The molecule has 0 atom stereocenters. The molecule has 0 saturated carbocycles. The molecule has 0 aromatic heterocycles. The summed E-state index contributed by atoms with van der Waals surface area (Å²) in [6, 6.07) is 8.88. The van der Waals surface area contributed by atoms with E-state index in [9.17, 15) is 19.3 Å². The van der Waals surface area contributed by atoms with Crippen LogP contribution in [0, 0.1) is 15.9 Å². The third-order valence-electron chi connectivity index (χ3n) is 2.74. The van der Waals surface area contributed by atoms with Gasteiger partial charge in [-0.2, -0.15) is 0 Å². The van der Waals surface area contributed by atoms with Crippen LogP contribution in [0.15, 0.2) is 42.5 Å². The summed E-state index contributed by atoms with van der Waals surface area (Å²) in [5.74, 6) is -1.76. The number of ether oxygens (including phenoxy) is 1. The van der Waals surface area contributed by atoms with Gasteiger partial charge in [-0.05, 0) is 24.3 Å². The standard InChI is InChI=1S/C14H10FNO5/c15-10-5-6-12(16(19)20)9(7-10)8-21-13-4-2-1-3-11(13)14(17)18/h1-7H,8H2,(H,17,18). The minimum Gasteiger partial charge on any atom is -0.488 e. The summed E-state index contributed by atoms with van der Waals surface area (Å²) in [5, 5.41) is 19.9. The van der Waals surface area contributed by atoms with Crippen molar-refractivity contribution in [3.8, 4) is 5.75 Å². The van der Waals surface area contributed by atoms with Gasteiger partial charge in [0.15, 0.2) is 0 Å². The Morgan fingerprint density at radius 2 is 2.00 bits per heavy atom. The summed E-state index contributed by atoms with van der Waals surface area (Å²) >= 11 is 0. The van der Waals surface area contributed by atoms with Crippen molar-refractivity contribution in [2.75, 3.05) is 0 Å². The summed E-state index contributed by atoms with van der Waals surface area (Å²) in [5.41, 5.74) is -0.332. The molecular weight excluding hydrogens is 281 g/mol. The molecule has 0 amide bonds. The van der Waals surface area contributed by atoms with Gasteiger partial charge in [0.05, 0.1) is 10.5 Å². The SMILES string of the molecule is O=C(O)c1ccccc1OCc1cc(F)ccc1[N+](=O)[O-]. The molecule has 0 aliphatic heterocycles. The van der Waals surface area contributed by atoms with Crippen molar-refractivity contribution in [1.29, 1.82) is 0 Å². The van der Waals surface area contributed by atoms with E-state index in [0.29, 0.717) is 0 Å². The molecule has 2 aromatic rings. The molecular formula is C14H10FNO5. The van der Waals surface area contributed by atoms with E-state index in [2.05, 4.69) is 0 Å². The first-order valence-corrected chi connectivity index (χ1v) is 5.87. The number of carboxylic acids is 1. The Bertz CT molecular complexity index is 702. The fourth-order valence-corrected chi connectivity index (χ4v) is 1.77. The number of nitrogens with zero attached hydrogens (tertiary/aromatic N) is 1. The molecule has 7 heteroatoms. The average molecular weight is 291 g/mol. The zero-order valence-electron chi connectivity index (χ0n) is 10.7. The lowest BCUT2D eigenvalue weighted by Crippen LogP contribution is -2.05. The van der Waals surface area contributed by atoms with Gasteiger partial charge in [0.1, 0.15) is 23.7 Å². The molecule has 0 unspecified atom stereocenters. The van der Waals surface area contributed by atoms with Crippen molar-refractivity contribution in [3.63, 3.8) is 0 Å². The van der Waals surface area contributed by atoms with Crippen LogP contribution in [-0.2, 0) is 6.61 Å². The van der Waals surface area contributed by atoms with Crippen molar-refractivity contribution >= 4 is 11.7 Å².